The van der Waals surface area contributed by atoms with Gasteiger partial charge < -0.3 is 10.1 Å². The van der Waals surface area contributed by atoms with Crippen LogP contribution >= 0.6 is 11.8 Å². The second-order valence-electron chi connectivity index (χ2n) is 5.42. The molecule has 17 heavy (non-hydrogen) atoms. The van der Waals surface area contributed by atoms with Gasteiger partial charge in [-0.25, -0.2) is 0 Å². The Balaban J connectivity index is 1.53. The first-order chi connectivity index (χ1) is 8.36. The van der Waals surface area contributed by atoms with Crippen molar-refractivity contribution in [3.8, 4) is 0 Å². The van der Waals surface area contributed by atoms with Crippen LogP contribution in [0.25, 0.3) is 0 Å². The normalized spacial score (nSPS) is 31.6. The molecule has 2 fully saturated rings. The summed E-state index contributed by atoms with van der Waals surface area (Å²) in [6.07, 6.45) is 10.3. The molecule has 1 aliphatic heterocycles. The summed E-state index contributed by atoms with van der Waals surface area (Å²) in [5.41, 5.74) is 0. The average molecular weight is 257 g/mol. The number of nitrogens with one attached hydrogen (secondary N) is 1. The molecule has 0 aromatic heterocycles. The van der Waals surface area contributed by atoms with Crippen LogP contribution in [0.2, 0.25) is 0 Å². The summed E-state index contributed by atoms with van der Waals surface area (Å²) >= 11 is 2.10. The van der Waals surface area contributed by atoms with E-state index in [9.17, 15) is 0 Å². The topological polar surface area (TPSA) is 21.3 Å². The molecule has 2 rings (SSSR count). The Morgan fingerprint density at radius 3 is 2.53 bits per heavy atom. The first-order valence-corrected chi connectivity index (χ1v) is 8.38. The zero-order chi connectivity index (χ0) is 11.9. The Kier molecular flexibility index (Phi) is 6.16. The molecule has 1 heterocycles. The molecule has 0 aromatic rings. The van der Waals surface area contributed by atoms with Gasteiger partial charge in [0.2, 0.25) is 0 Å². The van der Waals surface area contributed by atoms with E-state index >= 15 is 0 Å². The molecule has 2 atom stereocenters. The summed E-state index contributed by atoms with van der Waals surface area (Å²) in [5.74, 6) is 1.24. The molecule has 100 valence electrons. The second kappa shape index (κ2) is 7.65. The van der Waals surface area contributed by atoms with Crippen LogP contribution < -0.4 is 5.32 Å². The molecule has 0 amide bonds. The van der Waals surface area contributed by atoms with Crippen LogP contribution in [0.1, 0.15) is 51.9 Å². The molecule has 0 bridgehead atoms. The zero-order valence-electron chi connectivity index (χ0n) is 11.1. The fraction of sp³-hybridized carbons (Fsp3) is 1.00. The summed E-state index contributed by atoms with van der Waals surface area (Å²) in [6.45, 7) is 4.36. The molecule has 1 N–H and O–H groups in total. The molecular weight excluding hydrogens is 230 g/mol. The molecule has 2 unspecified atom stereocenters. The van der Waals surface area contributed by atoms with Crippen molar-refractivity contribution in [1.82, 2.24) is 5.32 Å². The molecule has 0 radical (unpaired) electrons. The maximum Gasteiger partial charge on any atom is 0.0666 e. The lowest BCUT2D eigenvalue weighted by atomic mass is 10.1. The predicted molar refractivity (Wildman–Crippen MR) is 75.8 cm³/mol. The van der Waals surface area contributed by atoms with E-state index < -0.39 is 0 Å². The SMILES string of the molecule is CC1OCCC1SCCNC1CCCCCC1. The highest BCUT2D eigenvalue weighted by Crippen LogP contribution is 2.25. The third-order valence-corrected chi connectivity index (χ3v) is 5.52. The largest absolute Gasteiger partial charge is 0.377 e. The Hall–Kier alpha value is 0.270. The second-order valence-corrected chi connectivity index (χ2v) is 6.76. The lowest BCUT2D eigenvalue weighted by Crippen LogP contribution is -2.31. The van der Waals surface area contributed by atoms with Crippen molar-refractivity contribution in [2.24, 2.45) is 0 Å². The molecule has 1 saturated heterocycles. The van der Waals surface area contributed by atoms with Crippen LogP contribution in [0.3, 0.4) is 0 Å². The first kappa shape index (κ1) is 13.7. The molecule has 1 saturated carbocycles. The summed E-state index contributed by atoms with van der Waals surface area (Å²) in [5, 5.41) is 4.48. The van der Waals surface area contributed by atoms with Gasteiger partial charge in [0.05, 0.1) is 6.10 Å². The summed E-state index contributed by atoms with van der Waals surface area (Å²) < 4.78 is 5.59. The molecule has 2 nitrogen and oxygen atoms in total. The number of hydrogen-bond acceptors (Lipinski definition) is 3. The quantitative estimate of drug-likeness (QED) is 0.603. The highest BCUT2D eigenvalue weighted by molar-refractivity contribution is 8.00. The van der Waals surface area contributed by atoms with Gasteiger partial charge in [0.1, 0.15) is 0 Å². The lowest BCUT2D eigenvalue weighted by molar-refractivity contribution is 0.127. The van der Waals surface area contributed by atoms with E-state index in [0.29, 0.717) is 6.10 Å². The van der Waals surface area contributed by atoms with E-state index in [4.69, 9.17) is 4.74 Å². The summed E-state index contributed by atoms with van der Waals surface area (Å²) in [4.78, 5) is 0. The van der Waals surface area contributed by atoms with Crippen LogP contribution in [-0.4, -0.2) is 36.3 Å². The van der Waals surface area contributed by atoms with Gasteiger partial charge in [-0.1, -0.05) is 25.7 Å². The van der Waals surface area contributed by atoms with Crippen molar-refractivity contribution >= 4 is 11.8 Å². The Labute approximate surface area is 110 Å². The Morgan fingerprint density at radius 1 is 1.12 bits per heavy atom. The van der Waals surface area contributed by atoms with Crippen molar-refractivity contribution in [2.45, 2.75) is 69.3 Å². The number of hydrogen-bond donors (Lipinski definition) is 1. The lowest BCUT2D eigenvalue weighted by Gasteiger charge is -2.17. The van der Waals surface area contributed by atoms with E-state index in [2.05, 4.69) is 24.0 Å². The molecule has 1 aliphatic carbocycles. The molecule has 2 aliphatic rings. The average Bonchev–Trinajstić information content (AvgIpc) is 2.60. The van der Waals surface area contributed by atoms with Crippen molar-refractivity contribution in [3.63, 3.8) is 0 Å². The van der Waals surface area contributed by atoms with Gasteiger partial charge in [-0.15, -0.1) is 0 Å². The maximum atomic E-state index is 5.59. The maximum absolute atomic E-state index is 5.59. The standard InChI is InChI=1S/C14H27NOS/c1-12-14(8-10-16-12)17-11-9-15-13-6-4-2-3-5-7-13/h12-15H,2-11H2,1H3. The van der Waals surface area contributed by atoms with Crippen LogP contribution in [0.4, 0.5) is 0 Å². The van der Waals surface area contributed by atoms with Crippen molar-refractivity contribution in [2.75, 3.05) is 18.9 Å². The third-order valence-electron chi connectivity index (χ3n) is 4.03. The van der Waals surface area contributed by atoms with Gasteiger partial charge in [0.25, 0.3) is 0 Å². The third kappa shape index (κ3) is 4.80. The predicted octanol–water partition coefficient (Wildman–Crippen LogP) is 3.21. The van der Waals surface area contributed by atoms with Gasteiger partial charge >= 0.3 is 0 Å². The van der Waals surface area contributed by atoms with Gasteiger partial charge in [0.15, 0.2) is 0 Å². The number of thioether (sulfide) groups is 1. The Bertz CT molecular complexity index is 204. The smallest absolute Gasteiger partial charge is 0.0666 e. The minimum absolute atomic E-state index is 0.470. The monoisotopic (exact) mass is 257 g/mol. The van der Waals surface area contributed by atoms with Crippen LogP contribution in [-0.2, 0) is 4.74 Å². The fourth-order valence-electron chi connectivity index (χ4n) is 2.89. The highest BCUT2D eigenvalue weighted by atomic mass is 32.2. The molecular formula is C14H27NOS. The molecule has 0 spiro atoms. The number of rotatable bonds is 5. The van der Waals surface area contributed by atoms with Crippen molar-refractivity contribution in [1.29, 1.82) is 0 Å². The molecule has 3 heteroatoms. The van der Waals surface area contributed by atoms with Gasteiger partial charge in [-0.3, -0.25) is 0 Å². The van der Waals surface area contributed by atoms with E-state index in [-0.39, 0.29) is 0 Å². The fourth-order valence-corrected chi connectivity index (χ4v) is 4.04. The van der Waals surface area contributed by atoms with Crippen LogP contribution in [0.5, 0.6) is 0 Å². The van der Waals surface area contributed by atoms with E-state index in [1.165, 1.54) is 57.2 Å². The summed E-state index contributed by atoms with van der Waals surface area (Å²) in [6, 6.07) is 0.801. The molecule has 0 aromatic carbocycles. The van der Waals surface area contributed by atoms with E-state index in [1.807, 2.05) is 0 Å². The number of ether oxygens (including phenoxy) is 1. The zero-order valence-corrected chi connectivity index (χ0v) is 11.9. The van der Waals surface area contributed by atoms with Gasteiger partial charge in [-0.05, 0) is 26.2 Å². The van der Waals surface area contributed by atoms with Crippen LogP contribution in [0, 0.1) is 0 Å². The van der Waals surface area contributed by atoms with Crippen molar-refractivity contribution in [3.05, 3.63) is 0 Å². The highest BCUT2D eigenvalue weighted by Gasteiger charge is 2.24. The minimum Gasteiger partial charge on any atom is -0.377 e. The van der Waals surface area contributed by atoms with Gasteiger partial charge in [0, 0.05) is 30.2 Å². The summed E-state index contributed by atoms with van der Waals surface area (Å²) in [7, 11) is 0. The van der Waals surface area contributed by atoms with Gasteiger partial charge in [-0.2, -0.15) is 11.8 Å². The van der Waals surface area contributed by atoms with Crippen LogP contribution in [0.15, 0.2) is 0 Å². The Morgan fingerprint density at radius 2 is 1.88 bits per heavy atom. The van der Waals surface area contributed by atoms with Crippen molar-refractivity contribution < 1.29 is 4.74 Å². The van der Waals surface area contributed by atoms with E-state index in [0.717, 1.165) is 17.9 Å². The van der Waals surface area contributed by atoms with E-state index in [1.54, 1.807) is 0 Å². The minimum atomic E-state index is 0.470. The first-order valence-electron chi connectivity index (χ1n) is 7.33.